The molecule has 1 heterocycles. The van der Waals surface area contributed by atoms with E-state index < -0.39 is 7.72 Å². The van der Waals surface area contributed by atoms with Crippen LogP contribution in [0.2, 0.25) is 0 Å². The first-order valence-electron chi connectivity index (χ1n) is 3.88. The second-order valence-corrected chi connectivity index (χ2v) is 6.92. The molecule has 1 aromatic heterocycles. The summed E-state index contributed by atoms with van der Waals surface area (Å²) in [5.74, 6) is 0. The van der Waals surface area contributed by atoms with E-state index in [1.165, 1.54) is 18.0 Å². The Labute approximate surface area is 80.2 Å². The average Bonchev–Trinajstić information content (AvgIpc) is 2.45. The van der Waals surface area contributed by atoms with E-state index in [0.717, 1.165) is 10.2 Å². The molecule has 70 valence electrons. The summed E-state index contributed by atoms with van der Waals surface area (Å²) in [6, 6.07) is 7.60. The summed E-state index contributed by atoms with van der Waals surface area (Å²) < 4.78 is 1.47. The van der Waals surface area contributed by atoms with Crippen LogP contribution >= 0.6 is 19.1 Å². The third kappa shape index (κ3) is 1.71. The number of thiazole rings is 1. The normalized spacial score (nSPS) is 13.5. The molecule has 2 rings (SSSR count). The van der Waals surface area contributed by atoms with Gasteiger partial charge < -0.3 is 0 Å². The van der Waals surface area contributed by atoms with Gasteiger partial charge in [-0.05, 0) is 0 Å². The van der Waals surface area contributed by atoms with Gasteiger partial charge in [0.15, 0.2) is 0 Å². The van der Waals surface area contributed by atoms with E-state index in [-0.39, 0.29) is 0 Å². The van der Waals surface area contributed by atoms with Gasteiger partial charge in [-0.3, -0.25) is 0 Å². The predicted octanol–water partition coefficient (Wildman–Crippen LogP) is 1.12. The number of fused-ring (bicyclic) bond motifs is 1. The van der Waals surface area contributed by atoms with Crippen LogP contribution in [0.25, 0.3) is 10.2 Å². The summed E-state index contributed by atoms with van der Waals surface area (Å²) in [6.07, 6.45) is 0. The molecule has 0 amide bonds. The summed E-state index contributed by atoms with van der Waals surface area (Å²) in [6.45, 7) is 1.45. The zero-order valence-electron chi connectivity index (χ0n) is 7.06. The molecule has 0 spiro atoms. The maximum absolute atomic E-state index is 9.43. The Morgan fingerprint density at radius 3 is 2.62 bits per heavy atom. The molecule has 0 radical (unpaired) electrons. The molecule has 13 heavy (non-hydrogen) atoms. The number of hydrogen-bond acceptors (Lipinski definition) is 4. The van der Waals surface area contributed by atoms with Gasteiger partial charge in [0, 0.05) is 0 Å². The Morgan fingerprint density at radius 1 is 1.31 bits per heavy atom. The first-order valence-corrected chi connectivity index (χ1v) is 7.09. The van der Waals surface area contributed by atoms with Crippen LogP contribution < -0.4 is 4.75 Å². The first-order chi connectivity index (χ1) is 6.07. The Morgan fingerprint density at radius 2 is 2.00 bits per heavy atom. The number of nitrogens with zero attached hydrogens (tertiary/aromatic N) is 1. The van der Waals surface area contributed by atoms with Crippen molar-refractivity contribution in [2.75, 3.05) is 6.66 Å². The van der Waals surface area contributed by atoms with Gasteiger partial charge in [-0.15, -0.1) is 0 Å². The van der Waals surface area contributed by atoms with E-state index in [1.54, 1.807) is 0 Å². The Kier molecular flexibility index (Phi) is 2.08. The molecule has 0 atom stereocenters. The van der Waals surface area contributed by atoms with Crippen molar-refractivity contribution in [1.82, 2.24) is 4.98 Å². The predicted molar refractivity (Wildman–Crippen MR) is 57.9 cm³/mol. The molecule has 0 saturated carbocycles. The van der Waals surface area contributed by atoms with Crippen LogP contribution in [0.1, 0.15) is 0 Å². The van der Waals surface area contributed by atoms with E-state index in [0.29, 0.717) is 4.75 Å². The molecule has 1 aromatic carbocycles. The molecule has 0 aliphatic rings. The van der Waals surface area contributed by atoms with Crippen molar-refractivity contribution >= 4 is 34.0 Å². The van der Waals surface area contributed by atoms with Crippen LogP contribution in [-0.4, -0.2) is 21.4 Å². The van der Waals surface area contributed by atoms with Gasteiger partial charge in [0.25, 0.3) is 0 Å². The molecule has 5 heteroatoms. The first kappa shape index (κ1) is 9.03. The van der Waals surface area contributed by atoms with Crippen molar-refractivity contribution in [3.05, 3.63) is 24.3 Å². The molecule has 0 fully saturated rings. The fourth-order valence-corrected chi connectivity index (χ4v) is 3.23. The number of para-hydroxylation sites is 1. The van der Waals surface area contributed by atoms with Crippen molar-refractivity contribution in [2.24, 2.45) is 0 Å². The summed E-state index contributed by atoms with van der Waals surface area (Å²) in [5.41, 5.74) is 0.837. The Bertz CT molecular complexity index is 402. The fourth-order valence-electron chi connectivity index (χ4n) is 1.07. The van der Waals surface area contributed by atoms with Crippen molar-refractivity contribution in [2.45, 2.75) is 0 Å². The quantitative estimate of drug-likeness (QED) is 0.701. The van der Waals surface area contributed by atoms with E-state index in [1.807, 2.05) is 24.3 Å². The molecular weight excluding hydrogens is 205 g/mol. The Hall–Kier alpha value is -0.540. The van der Waals surface area contributed by atoms with Gasteiger partial charge in [0.05, 0.1) is 0 Å². The molecule has 0 aliphatic carbocycles. The minimum absolute atomic E-state index is 0.466. The van der Waals surface area contributed by atoms with Gasteiger partial charge in [-0.2, -0.15) is 0 Å². The fraction of sp³-hybridized carbons (Fsp3) is 0.125. The topological polar surface area (TPSA) is 53.4 Å². The molecule has 0 unspecified atom stereocenters. The number of benzene rings is 1. The summed E-state index contributed by atoms with van der Waals surface area (Å²) in [4.78, 5) is 23.0. The van der Waals surface area contributed by atoms with Crippen LogP contribution in [0.15, 0.2) is 24.3 Å². The molecule has 0 saturated heterocycles. The molecule has 2 N–H and O–H groups in total. The van der Waals surface area contributed by atoms with Crippen molar-refractivity contribution in [1.29, 1.82) is 0 Å². The summed E-state index contributed by atoms with van der Waals surface area (Å²) in [7, 11) is -3.21. The monoisotopic (exact) mass is 215 g/mol. The van der Waals surface area contributed by atoms with Crippen LogP contribution in [-0.2, 0) is 0 Å². The third-order valence-corrected chi connectivity index (χ3v) is 4.94. The second kappa shape index (κ2) is 3.00. The Balaban J connectivity index is 2.63. The standard InChI is InChI=1S/C8H10NO2PS/c1-12(10,11)8-9-6-4-2-3-5-7(6)13-8/h2-5,10-12H,1H3. The van der Waals surface area contributed by atoms with E-state index in [9.17, 15) is 9.79 Å². The maximum atomic E-state index is 9.43. The summed E-state index contributed by atoms with van der Waals surface area (Å²) in [5, 5.41) is 0. The van der Waals surface area contributed by atoms with Crippen molar-refractivity contribution in [3.63, 3.8) is 0 Å². The van der Waals surface area contributed by atoms with Crippen LogP contribution in [0, 0.1) is 0 Å². The van der Waals surface area contributed by atoms with Gasteiger partial charge in [-0.25, -0.2) is 0 Å². The summed E-state index contributed by atoms with van der Waals surface area (Å²) >= 11 is 1.35. The van der Waals surface area contributed by atoms with Crippen LogP contribution in [0.3, 0.4) is 0 Å². The van der Waals surface area contributed by atoms with E-state index in [2.05, 4.69) is 4.98 Å². The second-order valence-electron chi connectivity index (χ2n) is 3.01. The van der Waals surface area contributed by atoms with Gasteiger partial charge in [0.2, 0.25) is 0 Å². The zero-order valence-corrected chi connectivity index (χ0v) is 8.88. The molecule has 0 aliphatic heterocycles. The number of hydrogen-bond donors (Lipinski definition) is 2. The number of rotatable bonds is 1. The average molecular weight is 215 g/mol. The molecule has 2 aromatic rings. The van der Waals surface area contributed by atoms with Crippen LogP contribution in [0.4, 0.5) is 0 Å². The van der Waals surface area contributed by atoms with Gasteiger partial charge in [0.1, 0.15) is 0 Å². The zero-order chi connectivity index (χ0) is 9.47. The van der Waals surface area contributed by atoms with Gasteiger partial charge in [-0.1, -0.05) is 0 Å². The third-order valence-electron chi connectivity index (χ3n) is 1.70. The number of aromatic nitrogens is 1. The molecular formula is C8H10NO2PS. The van der Waals surface area contributed by atoms with Crippen LogP contribution in [0.5, 0.6) is 0 Å². The van der Waals surface area contributed by atoms with E-state index in [4.69, 9.17) is 0 Å². The van der Waals surface area contributed by atoms with Gasteiger partial charge >= 0.3 is 79.7 Å². The molecule has 3 nitrogen and oxygen atoms in total. The van der Waals surface area contributed by atoms with Crippen molar-refractivity contribution in [3.8, 4) is 0 Å². The van der Waals surface area contributed by atoms with E-state index >= 15 is 0 Å². The van der Waals surface area contributed by atoms with Crippen molar-refractivity contribution < 1.29 is 9.79 Å². The molecule has 0 bridgehead atoms. The minimum atomic E-state index is -3.21. The SMILES string of the molecule is C[PH](O)(O)c1nc2ccccc2s1.